The monoisotopic (exact) mass is 544 g/mol. The molecule has 2 nitrogen and oxygen atoms in total. The van der Waals surface area contributed by atoms with E-state index in [2.05, 4.69) is 79.7 Å². The maximum Gasteiger partial charge on any atom is 0.118 e. The summed E-state index contributed by atoms with van der Waals surface area (Å²) < 4.78 is 0. The Labute approximate surface area is 231 Å². The van der Waals surface area contributed by atoms with Crippen LogP contribution in [0.15, 0.2) is 36.4 Å². The molecule has 0 saturated heterocycles. The van der Waals surface area contributed by atoms with Crippen LogP contribution in [0.3, 0.4) is 0 Å². The molecule has 0 aliphatic carbocycles. The van der Waals surface area contributed by atoms with Crippen LogP contribution < -0.4 is 0 Å². The topological polar surface area (TPSA) is 40.5 Å². The van der Waals surface area contributed by atoms with Crippen LogP contribution in [-0.4, -0.2) is 41.3 Å². The van der Waals surface area contributed by atoms with E-state index in [1.807, 2.05) is 12.1 Å². The van der Waals surface area contributed by atoms with Crippen LogP contribution in [0.1, 0.15) is 90.5 Å². The SMILES string of the molecule is CC[Si](CC)(CC)CCCc1cc(C(C)(C)c2ccc(O)c(CCCS(CC)(CC)CC)c2)ccc1O. The van der Waals surface area contributed by atoms with Gasteiger partial charge in [-0.15, -0.1) is 0 Å². The van der Waals surface area contributed by atoms with Crippen molar-refractivity contribution >= 4 is 18.1 Å². The van der Waals surface area contributed by atoms with E-state index in [0.717, 1.165) is 30.4 Å². The lowest BCUT2D eigenvalue weighted by atomic mass is 9.76. The second-order valence-corrected chi connectivity index (χ2v) is 21.8. The molecular weight excluding hydrogens is 489 g/mol. The van der Waals surface area contributed by atoms with Crippen molar-refractivity contribution < 1.29 is 10.2 Å². The van der Waals surface area contributed by atoms with E-state index in [1.165, 1.54) is 64.7 Å². The van der Waals surface area contributed by atoms with Crippen molar-refractivity contribution in [2.45, 2.75) is 111 Å². The van der Waals surface area contributed by atoms with Gasteiger partial charge >= 0.3 is 0 Å². The minimum atomic E-state index is -1.14. The zero-order valence-corrected chi connectivity index (χ0v) is 27.1. The minimum absolute atomic E-state index is 0.203. The summed E-state index contributed by atoms with van der Waals surface area (Å²) in [6.07, 6.45) is 4.19. The molecule has 0 heterocycles. The van der Waals surface area contributed by atoms with E-state index in [9.17, 15) is 10.2 Å². The Kier molecular flexibility index (Phi) is 12.1. The Morgan fingerprint density at radius 3 is 1.51 bits per heavy atom. The summed E-state index contributed by atoms with van der Waals surface area (Å²) in [7, 11) is -1.65. The maximum absolute atomic E-state index is 10.7. The van der Waals surface area contributed by atoms with Crippen molar-refractivity contribution in [2.24, 2.45) is 0 Å². The zero-order chi connectivity index (χ0) is 27.7. The average Bonchev–Trinajstić information content (AvgIpc) is 2.91. The average molecular weight is 545 g/mol. The van der Waals surface area contributed by atoms with Crippen LogP contribution >= 0.6 is 10.0 Å². The second kappa shape index (κ2) is 14.1. The molecule has 0 atom stereocenters. The highest BCUT2D eigenvalue weighted by atomic mass is 32.3. The van der Waals surface area contributed by atoms with Crippen LogP contribution in [0.25, 0.3) is 0 Å². The molecule has 0 fully saturated rings. The fourth-order valence-corrected chi connectivity index (χ4v) is 12.4. The summed E-state index contributed by atoms with van der Waals surface area (Å²) in [5.41, 5.74) is 4.40. The molecule has 2 aromatic carbocycles. The molecule has 2 aromatic rings. The molecule has 0 aliphatic rings. The smallest absolute Gasteiger partial charge is 0.118 e. The molecule has 210 valence electrons. The van der Waals surface area contributed by atoms with Gasteiger partial charge in [0.25, 0.3) is 0 Å². The number of rotatable bonds is 16. The molecule has 2 rings (SSSR count). The number of phenolic OH excluding ortho intramolecular Hbond substituents is 2. The Balaban J connectivity index is 2.21. The third kappa shape index (κ3) is 7.82. The summed E-state index contributed by atoms with van der Waals surface area (Å²) in [4.78, 5) is 0. The normalized spacial score (nSPS) is 13.2. The highest BCUT2D eigenvalue weighted by molar-refractivity contribution is 8.33. The molecule has 0 saturated carbocycles. The molecule has 0 spiro atoms. The highest BCUT2D eigenvalue weighted by Crippen LogP contribution is 2.47. The lowest BCUT2D eigenvalue weighted by molar-refractivity contribution is 0.465. The molecule has 0 radical (unpaired) electrons. The van der Waals surface area contributed by atoms with Gasteiger partial charge in [-0.05, 0) is 76.7 Å². The van der Waals surface area contributed by atoms with Crippen molar-refractivity contribution in [3.05, 3.63) is 58.7 Å². The Hall–Kier alpha value is -1.39. The van der Waals surface area contributed by atoms with E-state index >= 15 is 0 Å². The van der Waals surface area contributed by atoms with Crippen molar-refractivity contribution in [2.75, 3.05) is 23.0 Å². The van der Waals surface area contributed by atoms with E-state index in [-0.39, 0.29) is 5.41 Å². The molecule has 2 N–H and O–H groups in total. The van der Waals surface area contributed by atoms with Crippen molar-refractivity contribution in [1.82, 2.24) is 0 Å². The van der Waals surface area contributed by atoms with Gasteiger partial charge < -0.3 is 10.2 Å². The Morgan fingerprint density at radius 1 is 0.676 bits per heavy atom. The summed E-state index contributed by atoms with van der Waals surface area (Å²) >= 11 is 0. The fourth-order valence-electron chi connectivity index (χ4n) is 6.06. The zero-order valence-electron chi connectivity index (χ0n) is 25.3. The second-order valence-electron chi connectivity index (χ2n) is 11.6. The van der Waals surface area contributed by atoms with Crippen LogP contribution in [0.4, 0.5) is 0 Å². The molecule has 0 bridgehead atoms. The van der Waals surface area contributed by atoms with Gasteiger partial charge in [-0.2, -0.15) is 0 Å². The third-order valence-electron chi connectivity index (χ3n) is 9.87. The lowest BCUT2D eigenvalue weighted by Crippen LogP contribution is -2.30. The molecule has 37 heavy (non-hydrogen) atoms. The van der Waals surface area contributed by atoms with E-state index in [0.29, 0.717) is 11.5 Å². The number of phenols is 2. The van der Waals surface area contributed by atoms with Crippen LogP contribution in [0, 0.1) is 0 Å². The molecule has 0 aromatic heterocycles. The predicted octanol–water partition coefficient (Wildman–Crippen LogP) is 9.66. The van der Waals surface area contributed by atoms with Crippen molar-refractivity contribution in [3.63, 3.8) is 0 Å². The van der Waals surface area contributed by atoms with Gasteiger partial charge in [0, 0.05) is 5.41 Å². The standard InChI is InChI=1S/C33H56O2SSi/c1-9-36(10-2,11-3)23-15-17-27-25-29(19-21-31(27)34)33(7,8)30-20-22-32(35)28(26-30)18-16-24-37(12-4,13-5)14-6/h19-22,25-26,34-35H,9-18,23-24H2,1-8H3. The highest BCUT2D eigenvalue weighted by Gasteiger charge is 2.27. The maximum atomic E-state index is 10.7. The largest absolute Gasteiger partial charge is 0.508 e. The van der Waals surface area contributed by atoms with E-state index in [4.69, 9.17) is 0 Å². The predicted molar refractivity (Wildman–Crippen MR) is 171 cm³/mol. The first-order valence-corrected chi connectivity index (χ1v) is 20.1. The number of benzene rings is 2. The van der Waals surface area contributed by atoms with Gasteiger partial charge in [-0.1, -0.05) is 110 Å². The number of hydrogen-bond donors (Lipinski definition) is 2. The van der Waals surface area contributed by atoms with E-state index in [1.54, 1.807) is 0 Å². The number of aryl methyl sites for hydroxylation is 2. The first kappa shape index (κ1) is 31.8. The summed E-state index contributed by atoms with van der Waals surface area (Å²) in [6.45, 7) is 18.7. The van der Waals surface area contributed by atoms with Crippen LogP contribution in [-0.2, 0) is 18.3 Å². The third-order valence-corrected chi connectivity index (χ3v) is 20.6. The quantitative estimate of drug-likeness (QED) is 0.206. The minimum Gasteiger partial charge on any atom is -0.508 e. The van der Waals surface area contributed by atoms with Gasteiger partial charge in [-0.25, -0.2) is 10.0 Å². The number of hydrogen-bond acceptors (Lipinski definition) is 2. The summed E-state index contributed by atoms with van der Waals surface area (Å²) in [5.74, 6) is 6.06. The first-order valence-electron chi connectivity index (χ1n) is 14.9. The summed E-state index contributed by atoms with van der Waals surface area (Å²) in [6, 6.07) is 17.8. The van der Waals surface area contributed by atoms with Crippen molar-refractivity contribution in [3.8, 4) is 11.5 Å². The van der Waals surface area contributed by atoms with Gasteiger partial charge in [0.1, 0.15) is 11.5 Å². The van der Waals surface area contributed by atoms with E-state index < -0.39 is 18.1 Å². The van der Waals surface area contributed by atoms with Gasteiger partial charge in [0.15, 0.2) is 0 Å². The van der Waals surface area contributed by atoms with Crippen LogP contribution in [0.2, 0.25) is 24.2 Å². The Bertz CT molecular complexity index is 882. The molecular formula is C33H56O2SSi. The summed E-state index contributed by atoms with van der Waals surface area (Å²) in [5, 5.41) is 21.3. The molecule has 4 heteroatoms. The molecule has 0 amide bonds. The lowest BCUT2D eigenvalue weighted by Gasteiger charge is -2.37. The van der Waals surface area contributed by atoms with Crippen LogP contribution in [0.5, 0.6) is 11.5 Å². The number of aromatic hydroxyl groups is 2. The van der Waals surface area contributed by atoms with Crippen molar-refractivity contribution in [1.29, 1.82) is 0 Å². The van der Waals surface area contributed by atoms with Gasteiger partial charge in [-0.3, -0.25) is 0 Å². The van der Waals surface area contributed by atoms with Gasteiger partial charge in [0.2, 0.25) is 0 Å². The molecule has 0 unspecified atom stereocenters. The Morgan fingerprint density at radius 2 is 1.11 bits per heavy atom. The molecule has 0 aliphatic heterocycles. The first-order chi connectivity index (χ1) is 17.6. The van der Waals surface area contributed by atoms with Gasteiger partial charge in [0.05, 0.1) is 8.07 Å². The fraction of sp³-hybridized carbons (Fsp3) is 0.636.